The molecule has 1 aliphatic heterocycles. The fourth-order valence-corrected chi connectivity index (χ4v) is 1.55. The minimum atomic E-state index is -0.763. The minimum Gasteiger partial charge on any atom is -0.481 e. The summed E-state index contributed by atoms with van der Waals surface area (Å²) >= 11 is 0. The van der Waals surface area contributed by atoms with Crippen LogP contribution in [-0.2, 0) is 4.79 Å². The predicted molar refractivity (Wildman–Crippen MR) is 54.6 cm³/mol. The number of hydrogen-bond donors (Lipinski definition) is 1. The van der Waals surface area contributed by atoms with Gasteiger partial charge in [0.15, 0.2) is 0 Å². The number of rotatable bonds is 5. The van der Waals surface area contributed by atoms with Gasteiger partial charge in [0.25, 0.3) is 0 Å². The molecule has 4 nitrogen and oxygen atoms in total. The van der Waals surface area contributed by atoms with Gasteiger partial charge in [0, 0.05) is 25.5 Å². The Kier molecular flexibility index (Phi) is 3.80. The lowest BCUT2D eigenvalue weighted by molar-refractivity contribution is -0.136. The lowest BCUT2D eigenvalue weighted by atomic mass is 10.3. The van der Waals surface area contributed by atoms with Gasteiger partial charge in [-0.1, -0.05) is 13.3 Å². The highest BCUT2D eigenvalue weighted by molar-refractivity contribution is 5.69. The molecule has 0 radical (unpaired) electrons. The van der Waals surface area contributed by atoms with E-state index >= 15 is 0 Å². The summed E-state index contributed by atoms with van der Waals surface area (Å²) in [6, 6.07) is 0. The van der Waals surface area contributed by atoms with Crippen LogP contribution in [0.3, 0.4) is 0 Å². The second-order valence-corrected chi connectivity index (χ2v) is 3.70. The van der Waals surface area contributed by atoms with Gasteiger partial charge in [-0.15, -0.1) is 0 Å². The highest BCUT2D eigenvalue weighted by Crippen LogP contribution is 2.16. The highest BCUT2D eigenvalue weighted by Gasteiger charge is 2.18. The van der Waals surface area contributed by atoms with Gasteiger partial charge in [-0.25, -0.2) is 0 Å². The molecule has 0 unspecified atom stereocenters. The third-order valence-electron chi connectivity index (χ3n) is 2.35. The molecule has 1 aliphatic rings. The van der Waals surface area contributed by atoms with Gasteiger partial charge in [0.05, 0.1) is 13.1 Å². The van der Waals surface area contributed by atoms with Gasteiger partial charge < -0.3 is 14.9 Å². The van der Waals surface area contributed by atoms with E-state index in [1.54, 1.807) is 0 Å². The van der Waals surface area contributed by atoms with Crippen molar-refractivity contribution in [3.63, 3.8) is 0 Å². The Balaban J connectivity index is 2.45. The number of carboxylic acid groups (broad SMARTS) is 1. The number of carboxylic acids is 1. The molecule has 80 valence electrons. The van der Waals surface area contributed by atoms with E-state index in [-0.39, 0.29) is 6.42 Å². The summed E-state index contributed by atoms with van der Waals surface area (Å²) in [7, 11) is 1.93. The van der Waals surface area contributed by atoms with Crippen molar-refractivity contribution in [1.82, 2.24) is 9.80 Å². The Morgan fingerprint density at radius 3 is 2.93 bits per heavy atom. The Labute approximate surface area is 84.8 Å². The van der Waals surface area contributed by atoms with Gasteiger partial charge in [-0.3, -0.25) is 4.79 Å². The molecule has 0 saturated heterocycles. The standard InChI is InChI=1S/C10H18N2O2/c1-3-4-5-12-7-9(6-10(13)14)11(2)8-12/h7H,3-6,8H2,1-2H3,(H,13,14). The summed E-state index contributed by atoms with van der Waals surface area (Å²) in [5.74, 6) is -0.763. The molecule has 0 atom stereocenters. The van der Waals surface area contributed by atoms with Crippen LogP contribution in [0.4, 0.5) is 0 Å². The van der Waals surface area contributed by atoms with Crippen LogP contribution in [0.5, 0.6) is 0 Å². The van der Waals surface area contributed by atoms with Crippen LogP contribution in [0.2, 0.25) is 0 Å². The smallest absolute Gasteiger partial charge is 0.309 e. The normalized spacial score (nSPS) is 16.0. The van der Waals surface area contributed by atoms with Crippen molar-refractivity contribution in [3.8, 4) is 0 Å². The van der Waals surface area contributed by atoms with E-state index in [2.05, 4.69) is 11.8 Å². The molecule has 0 fully saturated rings. The van der Waals surface area contributed by atoms with E-state index in [4.69, 9.17) is 5.11 Å². The molecule has 0 aromatic rings. The average Bonchev–Trinajstić information content (AvgIpc) is 2.43. The molecule has 0 aliphatic carbocycles. The van der Waals surface area contributed by atoms with Gasteiger partial charge in [-0.05, 0) is 6.42 Å². The molecule has 4 heteroatoms. The maximum Gasteiger partial charge on any atom is 0.309 e. The first-order valence-corrected chi connectivity index (χ1v) is 5.01. The van der Waals surface area contributed by atoms with Crippen molar-refractivity contribution in [2.75, 3.05) is 20.3 Å². The quantitative estimate of drug-likeness (QED) is 0.723. The number of unbranched alkanes of at least 4 members (excludes halogenated alkanes) is 1. The Hall–Kier alpha value is -1.19. The minimum absolute atomic E-state index is 0.124. The SMILES string of the molecule is CCCCN1C=C(CC(=O)O)N(C)C1. The molecule has 0 aromatic heterocycles. The van der Waals surface area contributed by atoms with E-state index in [9.17, 15) is 4.79 Å². The second kappa shape index (κ2) is 4.88. The van der Waals surface area contributed by atoms with Crippen molar-refractivity contribution in [1.29, 1.82) is 0 Å². The summed E-state index contributed by atoms with van der Waals surface area (Å²) in [4.78, 5) is 14.7. The van der Waals surface area contributed by atoms with Gasteiger partial charge in [0.2, 0.25) is 0 Å². The largest absolute Gasteiger partial charge is 0.481 e. The van der Waals surface area contributed by atoms with E-state index in [0.29, 0.717) is 0 Å². The van der Waals surface area contributed by atoms with Crippen molar-refractivity contribution in [2.24, 2.45) is 0 Å². The molecular formula is C10H18N2O2. The monoisotopic (exact) mass is 198 g/mol. The summed E-state index contributed by atoms with van der Waals surface area (Å²) in [6.45, 7) is 3.99. The molecule has 0 spiro atoms. The molecule has 1 N–H and O–H groups in total. The molecule has 1 rings (SSSR count). The van der Waals surface area contributed by atoms with Crippen LogP contribution in [0.25, 0.3) is 0 Å². The first kappa shape index (κ1) is 10.9. The fourth-order valence-electron chi connectivity index (χ4n) is 1.55. The maximum atomic E-state index is 10.5. The lowest BCUT2D eigenvalue weighted by Crippen LogP contribution is -2.24. The molecule has 0 aromatic carbocycles. The van der Waals surface area contributed by atoms with E-state index in [1.807, 2.05) is 18.1 Å². The molecular weight excluding hydrogens is 180 g/mol. The zero-order chi connectivity index (χ0) is 10.6. The number of hydrogen-bond acceptors (Lipinski definition) is 3. The second-order valence-electron chi connectivity index (χ2n) is 3.70. The third-order valence-corrected chi connectivity index (χ3v) is 2.35. The third kappa shape index (κ3) is 2.94. The number of carbonyl (C=O) groups is 1. The number of aliphatic carboxylic acids is 1. The van der Waals surface area contributed by atoms with E-state index in [1.165, 1.54) is 6.42 Å². The van der Waals surface area contributed by atoms with Crippen LogP contribution >= 0.6 is 0 Å². The summed E-state index contributed by atoms with van der Waals surface area (Å²) in [5.41, 5.74) is 0.897. The Bertz CT molecular complexity index is 238. The Morgan fingerprint density at radius 1 is 1.64 bits per heavy atom. The van der Waals surface area contributed by atoms with Crippen molar-refractivity contribution >= 4 is 5.97 Å². The summed E-state index contributed by atoms with van der Waals surface area (Å²) < 4.78 is 0. The van der Waals surface area contributed by atoms with Gasteiger partial charge >= 0.3 is 5.97 Å². The number of nitrogens with zero attached hydrogens (tertiary/aromatic N) is 2. The van der Waals surface area contributed by atoms with E-state index in [0.717, 1.165) is 25.3 Å². The highest BCUT2D eigenvalue weighted by atomic mass is 16.4. The van der Waals surface area contributed by atoms with Crippen molar-refractivity contribution < 1.29 is 9.90 Å². The fraction of sp³-hybridized carbons (Fsp3) is 0.700. The summed E-state index contributed by atoms with van der Waals surface area (Å²) in [5, 5.41) is 8.67. The predicted octanol–water partition coefficient (Wildman–Crippen LogP) is 1.31. The topological polar surface area (TPSA) is 43.8 Å². The molecule has 1 heterocycles. The zero-order valence-corrected chi connectivity index (χ0v) is 8.86. The van der Waals surface area contributed by atoms with Crippen LogP contribution in [0, 0.1) is 0 Å². The van der Waals surface area contributed by atoms with Gasteiger partial charge in [-0.2, -0.15) is 0 Å². The van der Waals surface area contributed by atoms with Gasteiger partial charge in [0.1, 0.15) is 0 Å². The molecule has 0 bridgehead atoms. The van der Waals surface area contributed by atoms with E-state index < -0.39 is 5.97 Å². The molecule has 14 heavy (non-hydrogen) atoms. The lowest BCUT2D eigenvalue weighted by Gasteiger charge is -2.18. The first-order chi connectivity index (χ1) is 6.63. The van der Waals surface area contributed by atoms with Crippen LogP contribution in [0.15, 0.2) is 11.9 Å². The van der Waals surface area contributed by atoms with Crippen molar-refractivity contribution in [3.05, 3.63) is 11.9 Å². The maximum absolute atomic E-state index is 10.5. The van der Waals surface area contributed by atoms with Crippen molar-refractivity contribution in [2.45, 2.75) is 26.2 Å². The van der Waals surface area contributed by atoms with Crippen LogP contribution in [0.1, 0.15) is 26.2 Å². The molecule has 0 saturated carbocycles. The summed E-state index contributed by atoms with van der Waals surface area (Å²) in [6.07, 6.45) is 4.41. The zero-order valence-electron chi connectivity index (χ0n) is 8.86. The van der Waals surface area contributed by atoms with Crippen LogP contribution < -0.4 is 0 Å². The Morgan fingerprint density at radius 2 is 2.36 bits per heavy atom. The van der Waals surface area contributed by atoms with Crippen LogP contribution in [-0.4, -0.2) is 41.1 Å². The first-order valence-electron chi connectivity index (χ1n) is 5.01. The average molecular weight is 198 g/mol. The molecule has 0 amide bonds.